The molecule has 3 aromatic rings. The molecule has 0 fully saturated rings. The molecular weight excluding hydrogens is 282 g/mol. The highest BCUT2D eigenvalue weighted by Gasteiger charge is 2.14. The first-order valence-electron chi connectivity index (χ1n) is 6.83. The van der Waals surface area contributed by atoms with Gasteiger partial charge in [-0.25, -0.2) is 0 Å². The topological polar surface area (TPSA) is 32.9 Å². The van der Waals surface area contributed by atoms with Crippen molar-refractivity contribution in [1.82, 2.24) is 4.98 Å². The van der Waals surface area contributed by atoms with Gasteiger partial charge in [0.15, 0.2) is 0 Å². The number of carbonyl (C=O) groups is 1. The van der Waals surface area contributed by atoms with Crippen LogP contribution in [0.1, 0.15) is 27.2 Å². The van der Waals surface area contributed by atoms with Gasteiger partial charge in [0, 0.05) is 21.5 Å². The summed E-state index contributed by atoms with van der Waals surface area (Å²) in [5.74, 6) is 0.00502. The second kappa shape index (κ2) is 4.61. The Hall–Kier alpha value is -2.32. The van der Waals surface area contributed by atoms with Gasteiger partial charge in [0.05, 0.1) is 5.69 Å². The summed E-state index contributed by atoms with van der Waals surface area (Å²) in [6.07, 6.45) is 5.13. The van der Waals surface area contributed by atoms with E-state index in [-0.39, 0.29) is 5.78 Å². The minimum absolute atomic E-state index is 0.00502. The zero-order valence-corrected chi connectivity index (χ0v) is 11.9. The molecule has 3 heteroatoms. The van der Waals surface area contributed by atoms with E-state index < -0.39 is 0 Å². The number of benzene rings is 2. The highest BCUT2D eigenvalue weighted by Crippen LogP contribution is 2.24. The summed E-state index contributed by atoms with van der Waals surface area (Å²) < 4.78 is 0. The van der Waals surface area contributed by atoms with Crippen LogP contribution in [0.2, 0.25) is 5.02 Å². The molecule has 0 unspecified atom stereocenters. The fourth-order valence-corrected chi connectivity index (χ4v) is 2.95. The number of ketones is 1. The molecule has 1 aliphatic carbocycles. The van der Waals surface area contributed by atoms with E-state index in [4.69, 9.17) is 11.6 Å². The minimum atomic E-state index is 0.00502. The highest BCUT2D eigenvalue weighted by molar-refractivity contribution is 6.31. The first kappa shape index (κ1) is 12.4. The largest absolute Gasteiger partial charge is 0.352 e. The van der Waals surface area contributed by atoms with Crippen molar-refractivity contribution >= 4 is 34.4 Å². The molecule has 1 aromatic heterocycles. The molecule has 2 nitrogen and oxygen atoms in total. The Morgan fingerprint density at radius 2 is 2.00 bits per heavy atom. The van der Waals surface area contributed by atoms with Crippen molar-refractivity contribution in [3.8, 4) is 0 Å². The zero-order chi connectivity index (χ0) is 14.4. The molecule has 0 bridgehead atoms. The van der Waals surface area contributed by atoms with Crippen LogP contribution in [-0.4, -0.2) is 10.8 Å². The lowest BCUT2D eigenvalue weighted by Crippen LogP contribution is -2.02. The van der Waals surface area contributed by atoms with Gasteiger partial charge in [-0.15, -0.1) is 0 Å². The summed E-state index contributed by atoms with van der Waals surface area (Å²) in [5.41, 5.74) is 4.63. The summed E-state index contributed by atoms with van der Waals surface area (Å²) in [7, 11) is 0. The number of aromatic nitrogens is 1. The molecule has 21 heavy (non-hydrogen) atoms. The van der Waals surface area contributed by atoms with Crippen LogP contribution in [0, 0.1) is 0 Å². The van der Waals surface area contributed by atoms with E-state index in [1.165, 1.54) is 5.56 Å². The van der Waals surface area contributed by atoms with Crippen molar-refractivity contribution in [3.05, 3.63) is 75.9 Å². The van der Waals surface area contributed by atoms with Crippen molar-refractivity contribution < 1.29 is 4.79 Å². The number of rotatable bonds is 2. The lowest BCUT2D eigenvalue weighted by molar-refractivity contribution is 0.103. The Bertz CT molecular complexity index is 905. The highest BCUT2D eigenvalue weighted by atomic mass is 35.5. The molecule has 0 radical (unpaired) electrons. The number of halogens is 1. The fraction of sp³-hybridized carbons (Fsp3) is 0.0556. The van der Waals surface area contributed by atoms with E-state index >= 15 is 0 Å². The van der Waals surface area contributed by atoms with Gasteiger partial charge >= 0.3 is 0 Å². The monoisotopic (exact) mass is 293 g/mol. The standard InChI is InChI=1S/C18H12ClNO/c19-15-6-7-16-14(9-15)10-17(20-16)18(21)13-5-4-11-2-1-3-12(11)8-13/h1,3-10,20H,2H2. The van der Waals surface area contributed by atoms with Crippen molar-refractivity contribution in [3.63, 3.8) is 0 Å². The molecule has 0 amide bonds. The van der Waals surface area contributed by atoms with Crippen LogP contribution in [0.3, 0.4) is 0 Å². The molecule has 0 atom stereocenters. The molecule has 0 saturated carbocycles. The van der Waals surface area contributed by atoms with Crippen molar-refractivity contribution in [2.75, 3.05) is 0 Å². The molecule has 0 aliphatic heterocycles. The number of hydrogen-bond donors (Lipinski definition) is 1. The van der Waals surface area contributed by atoms with Crippen LogP contribution >= 0.6 is 11.6 Å². The summed E-state index contributed by atoms with van der Waals surface area (Å²) in [6, 6.07) is 13.3. The summed E-state index contributed by atoms with van der Waals surface area (Å²) >= 11 is 5.98. The van der Waals surface area contributed by atoms with Gasteiger partial charge in [-0.1, -0.05) is 35.9 Å². The van der Waals surface area contributed by atoms with Crippen LogP contribution in [0.5, 0.6) is 0 Å². The van der Waals surface area contributed by atoms with Crippen LogP contribution < -0.4 is 0 Å². The van der Waals surface area contributed by atoms with E-state index in [1.54, 1.807) is 0 Å². The Balaban J connectivity index is 1.77. The Morgan fingerprint density at radius 3 is 2.90 bits per heavy atom. The minimum Gasteiger partial charge on any atom is -0.352 e. The van der Waals surface area contributed by atoms with Gasteiger partial charge in [0.2, 0.25) is 5.78 Å². The van der Waals surface area contributed by atoms with Crippen LogP contribution in [0.15, 0.2) is 48.5 Å². The smallest absolute Gasteiger partial charge is 0.209 e. The number of carbonyl (C=O) groups excluding carboxylic acids is 1. The Morgan fingerprint density at radius 1 is 1.10 bits per heavy atom. The molecular formula is C18H12ClNO. The normalized spacial score (nSPS) is 12.8. The quantitative estimate of drug-likeness (QED) is 0.687. The third kappa shape index (κ3) is 2.08. The lowest BCUT2D eigenvalue weighted by atomic mass is 10.0. The maximum absolute atomic E-state index is 12.6. The molecule has 1 aliphatic rings. The summed E-state index contributed by atoms with van der Waals surface area (Å²) in [4.78, 5) is 15.8. The molecule has 1 heterocycles. The fourth-order valence-electron chi connectivity index (χ4n) is 2.77. The van der Waals surface area contributed by atoms with Crippen LogP contribution in [0.4, 0.5) is 0 Å². The Kier molecular flexibility index (Phi) is 2.72. The van der Waals surface area contributed by atoms with Gasteiger partial charge in [0.25, 0.3) is 0 Å². The Labute approximate surface area is 127 Å². The SMILES string of the molecule is O=C(c1ccc2c(c1)C=CC2)c1cc2cc(Cl)ccc2[nH]1. The van der Waals surface area contributed by atoms with Gasteiger partial charge < -0.3 is 4.98 Å². The van der Waals surface area contributed by atoms with Crippen molar-refractivity contribution in [2.24, 2.45) is 0 Å². The third-order valence-corrected chi connectivity index (χ3v) is 4.11. The molecule has 0 saturated heterocycles. The number of aromatic amines is 1. The summed E-state index contributed by atoms with van der Waals surface area (Å²) in [6.45, 7) is 0. The molecule has 0 spiro atoms. The van der Waals surface area contributed by atoms with Gasteiger partial charge in [-0.3, -0.25) is 4.79 Å². The van der Waals surface area contributed by atoms with E-state index in [9.17, 15) is 4.79 Å². The second-order valence-corrected chi connectivity index (χ2v) is 5.70. The lowest BCUT2D eigenvalue weighted by Gasteiger charge is -2.02. The number of allylic oxidation sites excluding steroid dienone is 1. The number of hydrogen-bond acceptors (Lipinski definition) is 1. The van der Waals surface area contributed by atoms with E-state index in [1.807, 2.05) is 42.5 Å². The predicted octanol–water partition coefficient (Wildman–Crippen LogP) is 4.62. The third-order valence-electron chi connectivity index (χ3n) is 3.87. The summed E-state index contributed by atoms with van der Waals surface area (Å²) in [5, 5.41) is 1.62. The molecule has 4 rings (SSSR count). The van der Waals surface area contributed by atoms with Gasteiger partial charge in [-0.05, 0) is 47.9 Å². The zero-order valence-electron chi connectivity index (χ0n) is 11.2. The number of fused-ring (bicyclic) bond motifs is 2. The van der Waals surface area contributed by atoms with Crippen LogP contribution in [0.25, 0.3) is 17.0 Å². The van der Waals surface area contributed by atoms with Crippen molar-refractivity contribution in [2.45, 2.75) is 6.42 Å². The maximum Gasteiger partial charge on any atom is 0.209 e. The predicted molar refractivity (Wildman–Crippen MR) is 85.9 cm³/mol. The van der Waals surface area contributed by atoms with E-state index in [2.05, 4.69) is 17.1 Å². The van der Waals surface area contributed by atoms with Crippen molar-refractivity contribution in [1.29, 1.82) is 0 Å². The molecule has 2 aromatic carbocycles. The van der Waals surface area contributed by atoms with Crippen LogP contribution in [-0.2, 0) is 6.42 Å². The first-order chi connectivity index (χ1) is 10.2. The van der Waals surface area contributed by atoms with E-state index in [0.717, 1.165) is 22.9 Å². The molecule has 1 N–H and O–H groups in total. The van der Waals surface area contributed by atoms with E-state index in [0.29, 0.717) is 16.3 Å². The maximum atomic E-state index is 12.6. The number of H-pyrrole nitrogens is 1. The molecule has 102 valence electrons. The van der Waals surface area contributed by atoms with Gasteiger partial charge in [0.1, 0.15) is 0 Å². The average Bonchev–Trinajstić information content (AvgIpc) is 3.11. The second-order valence-electron chi connectivity index (χ2n) is 5.26. The van der Waals surface area contributed by atoms with Gasteiger partial charge in [-0.2, -0.15) is 0 Å². The average molecular weight is 294 g/mol. The number of nitrogens with one attached hydrogen (secondary N) is 1. The first-order valence-corrected chi connectivity index (χ1v) is 7.21.